The van der Waals surface area contributed by atoms with Gasteiger partial charge in [0, 0.05) is 18.7 Å². The Labute approximate surface area is 158 Å². The molecule has 2 aliphatic heterocycles. The first kappa shape index (κ1) is 17.4. The SMILES string of the molecule is O=C1COc2cc(C(=O)N3CCC(COc4ccccc4)CC3)ccc2N1. The van der Waals surface area contributed by atoms with E-state index in [2.05, 4.69) is 5.32 Å². The number of hydrogen-bond acceptors (Lipinski definition) is 4. The third-order valence-corrected chi connectivity index (χ3v) is 4.99. The van der Waals surface area contributed by atoms with Crippen LogP contribution in [0.15, 0.2) is 48.5 Å². The molecule has 0 bridgehead atoms. The molecule has 1 fully saturated rings. The highest BCUT2D eigenvalue weighted by atomic mass is 16.5. The summed E-state index contributed by atoms with van der Waals surface area (Å²) < 4.78 is 11.2. The van der Waals surface area contributed by atoms with E-state index in [0.717, 1.165) is 31.7 Å². The minimum Gasteiger partial charge on any atom is -0.493 e. The molecule has 27 heavy (non-hydrogen) atoms. The fraction of sp³-hybridized carbons (Fsp3) is 0.333. The third-order valence-electron chi connectivity index (χ3n) is 4.99. The highest BCUT2D eigenvalue weighted by Crippen LogP contribution is 2.29. The molecule has 6 heteroatoms. The lowest BCUT2D eigenvalue weighted by Gasteiger charge is -2.32. The molecule has 2 aliphatic rings. The van der Waals surface area contributed by atoms with Crippen LogP contribution in [0.1, 0.15) is 23.2 Å². The van der Waals surface area contributed by atoms with E-state index in [-0.39, 0.29) is 18.4 Å². The van der Waals surface area contributed by atoms with Crippen molar-refractivity contribution in [3.8, 4) is 11.5 Å². The molecule has 2 aromatic carbocycles. The standard InChI is InChI=1S/C21H22N2O4/c24-20-14-27-19-12-16(6-7-18(19)22-20)21(25)23-10-8-15(9-11-23)13-26-17-4-2-1-3-5-17/h1-7,12,15H,8-11,13-14H2,(H,22,24). The van der Waals surface area contributed by atoms with Gasteiger partial charge in [0.05, 0.1) is 12.3 Å². The molecule has 6 nitrogen and oxygen atoms in total. The van der Waals surface area contributed by atoms with Crippen molar-refractivity contribution in [3.63, 3.8) is 0 Å². The summed E-state index contributed by atoms with van der Waals surface area (Å²) in [5, 5.41) is 2.74. The summed E-state index contributed by atoms with van der Waals surface area (Å²) in [4.78, 5) is 26.0. The first-order valence-corrected chi connectivity index (χ1v) is 9.23. The number of rotatable bonds is 4. The van der Waals surface area contributed by atoms with Crippen LogP contribution in [0.5, 0.6) is 11.5 Å². The number of ether oxygens (including phenoxy) is 2. The second kappa shape index (κ2) is 7.70. The topological polar surface area (TPSA) is 67.9 Å². The van der Waals surface area contributed by atoms with Gasteiger partial charge >= 0.3 is 0 Å². The van der Waals surface area contributed by atoms with Gasteiger partial charge in [0.2, 0.25) is 0 Å². The molecule has 2 amide bonds. The van der Waals surface area contributed by atoms with Gasteiger partial charge < -0.3 is 19.7 Å². The van der Waals surface area contributed by atoms with Crippen LogP contribution in [0, 0.1) is 5.92 Å². The van der Waals surface area contributed by atoms with Crippen molar-refractivity contribution in [2.24, 2.45) is 5.92 Å². The van der Waals surface area contributed by atoms with E-state index in [0.29, 0.717) is 29.5 Å². The zero-order valence-corrected chi connectivity index (χ0v) is 15.0. The molecule has 2 heterocycles. The summed E-state index contributed by atoms with van der Waals surface area (Å²) in [6.07, 6.45) is 1.85. The highest BCUT2D eigenvalue weighted by Gasteiger charge is 2.25. The first-order chi connectivity index (χ1) is 13.2. The number of piperidine rings is 1. The lowest BCUT2D eigenvalue weighted by Crippen LogP contribution is -2.39. The molecule has 2 aromatic rings. The van der Waals surface area contributed by atoms with Crippen LogP contribution in [0.25, 0.3) is 0 Å². The normalized spacial score (nSPS) is 16.9. The highest BCUT2D eigenvalue weighted by molar-refractivity contribution is 5.99. The second-order valence-electron chi connectivity index (χ2n) is 6.91. The van der Waals surface area contributed by atoms with Gasteiger partial charge in [-0.2, -0.15) is 0 Å². The smallest absolute Gasteiger partial charge is 0.262 e. The van der Waals surface area contributed by atoms with E-state index >= 15 is 0 Å². The van der Waals surface area contributed by atoms with E-state index in [1.54, 1.807) is 18.2 Å². The zero-order valence-electron chi connectivity index (χ0n) is 15.0. The predicted molar refractivity (Wildman–Crippen MR) is 101 cm³/mol. The molecule has 0 unspecified atom stereocenters. The van der Waals surface area contributed by atoms with Crippen LogP contribution in [-0.2, 0) is 4.79 Å². The summed E-state index contributed by atoms with van der Waals surface area (Å²) >= 11 is 0. The van der Waals surface area contributed by atoms with Crippen molar-refractivity contribution in [2.75, 3.05) is 31.6 Å². The third kappa shape index (κ3) is 4.05. The summed E-state index contributed by atoms with van der Waals surface area (Å²) in [5.41, 5.74) is 1.20. The largest absolute Gasteiger partial charge is 0.493 e. The van der Waals surface area contributed by atoms with Gasteiger partial charge in [0.15, 0.2) is 6.61 Å². The average Bonchev–Trinajstić information content (AvgIpc) is 2.72. The molecule has 0 aliphatic carbocycles. The van der Waals surface area contributed by atoms with Crippen molar-refractivity contribution in [1.29, 1.82) is 0 Å². The maximum Gasteiger partial charge on any atom is 0.262 e. The molecule has 0 atom stereocenters. The number of carbonyl (C=O) groups excluding carboxylic acids is 2. The number of fused-ring (bicyclic) bond motifs is 1. The Morgan fingerprint density at radius 3 is 2.70 bits per heavy atom. The molecular weight excluding hydrogens is 344 g/mol. The Morgan fingerprint density at radius 1 is 1.15 bits per heavy atom. The van der Waals surface area contributed by atoms with Gasteiger partial charge in [-0.15, -0.1) is 0 Å². The Kier molecular flexibility index (Phi) is 4.96. The van der Waals surface area contributed by atoms with Gasteiger partial charge in [-0.1, -0.05) is 18.2 Å². The Balaban J connectivity index is 1.31. The fourth-order valence-electron chi connectivity index (χ4n) is 3.42. The number of nitrogens with zero attached hydrogens (tertiary/aromatic N) is 1. The lowest BCUT2D eigenvalue weighted by molar-refractivity contribution is -0.118. The molecule has 140 valence electrons. The molecule has 0 radical (unpaired) electrons. The summed E-state index contributed by atoms with van der Waals surface area (Å²) in [6.45, 7) is 2.10. The van der Waals surface area contributed by atoms with Gasteiger partial charge in [0.25, 0.3) is 11.8 Å². The summed E-state index contributed by atoms with van der Waals surface area (Å²) in [5.74, 6) is 1.71. The van der Waals surface area contributed by atoms with Gasteiger partial charge in [-0.05, 0) is 49.1 Å². The minimum atomic E-state index is -0.179. The van der Waals surface area contributed by atoms with Crippen LogP contribution in [0.2, 0.25) is 0 Å². The van der Waals surface area contributed by atoms with E-state index in [1.165, 1.54) is 0 Å². The number of hydrogen-bond donors (Lipinski definition) is 1. The number of nitrogens with one attached hydrogen (secondary N) is 1. The van der Waals surface area contributed by atoms with Crippen LogP contribution in [-0.4, -0.2) is 43.0 Å². The first-order valence-electron chi connectivity index (χ1n) is 9.23. The number of carbonyl (C=O) groups is 2. The molecule has 4 rings (SSSR count). The Hall–Kier alpha value is -3.02. The molecule has 1 N–H and O–H groups in total. The van der Waals surface area contributed by atoms with Gasteiger partial charge in [-0.25, -0.2) is 0 Å². The molecule has 0 spiro atoms. The molecule has 1 saturated heterocycles. The Morgan fingerprint density at radius 2 is 1.93 bits per heavy atom. The van der Waals surface area contributed by atoms with Gasteiger partial charge in [0.1, 0.15) is 11.5 Å². The number of likely N-dealkylation sites (tertiary alicyclic amines) is 1. The molecular formula is C21H22N2O4. The summed E-state index contributed by atoms with van der Waals surface area (Å²) in [7, 11) is 0. The average molecular weight is 366 g/mol. The molecule has 0 saturated carbocycles. The van der Waals surface area contributed by atoms with Crippen molar-refractivity contribution in [3.05, 3.63) is 54.1 Å². The van der Waals surface area contributed by atoms with E-state index in [9.17, 15) is 9.59 Å². The van der Waals surface area contributed by atoms with Crippen molar-refractivity contribution in [2.45, 2.75) is 12.8 Å². The minimum absolute atomic E-state index is 0.000674. The molecule has 0 aromatic heterocycles. The fourth-order valence-corrected chi connectivity index (χ4v) is 3.42. The van der Waals surface area contributed by atoms with Crippen molar-refractivity contribution < 1.29 is 19.1 Å². The van der Waals surface area contributed by atoms with Crippen LogP contribution < -0.4 is 14.8 Å². The quantitative estimate of drug-likeness (QED) is 0.903. The number of amides is 2. The number of benzene rings is 2. The van der Waals surface area contributed by atoms with E-state index in [4.69, 9.17) is 9.47 Å². The second-order valence-corrected chi connectivity index (χ2v) is 6.91. The Bertz CT molecular complexity index is 829. The van der Waals surface area contributed by atoms with Crippen molar-refractivity contribution >= 4 is 17.5 Å². The van der Waals surface area contributed by atoms with Gasteiger partial charge in [-0.3, -0.25) is 9.59 Å². The zero-order chi connectivity index (χ0) is 18.6. The van der Waals surface area contributed by atoms with Crippen LogP contribution >= 0.6 is 0 Å². The van der Waals surface area contributed by atoms with Crippen LogP contribution in [0.3, 0.4) is 0 Å². The maximum absolute atomic E-state index is 12.8. The van der Waals surface area contributed by atoms with Crippen LogP contribution in [0.4, 0.5) is 5.69 Å². The lowest BCUT2D eigenvalue weighted by atomic mass is 9.97. The predicted octanol–water partition coefficient (Wildman–Crippen LogP) is 2.95. The number of para-hydroxylation sites is 1. The van der Waals surface area contributed by atoms with E-state index < -0.39 is 0 Å². The maximum atomic E-state index is 12.8. The van der Waals surface area contributed by atoms with E-state index in [1.807, 2.05) is 35.2 Å². The number of anilines is 1. The summed E-state index contributed by atoms with van der Waals surface area (Å²) in [6, 6.07) is 15.0. The van der Waals surface area contributed by atoms with Crippen molar-refractivity contribution in [1.82, 2.24) is 4.90 Å². The monoisotopic (exact) mass is 366 g/mol.